The fraction of sp³-hybridized carbons (Fsp3) is 0.0870. The highest BCUT2D eigenvalue weighted by Gasteiger charge is 2.11. The Morgan fingerprint density at radius 2 is 1.72 bits per heavy atom. The third-order valence-electron chi connectivity index (χ3n) is 4.30. The van der Waals surface area contributed by atoms with Crippen molar-refractivity contribution in [1.29, 1.82) is 0 Å². The van der Waals surface area contributed by atoms with Gasteiger partial charge in [0.15, 0.2) is 0 Å². The lowest BCUT2D eigenvalue weighted by Gasteiger charge is -2.09. The number of nitrogens with one attached hydrogen (secondary N) is 2. The van der Waals surface area contributed by atoms with Crippen LogP contribution in [0.25, 0.3) is 0 Å². The number of carbonyl (C=O) groups excluding carboxylic acids is 2. The summed E-state index contributed by atoms with van der Waals surface area (Å²) in [6.45, 7) is 0. The van der Waals surface area contributed by atoms with Gasteiger partial charge in [0, 0.05) is 16.1 Å². The van der Waals surface area contributed by atoms with E-state index in [4.69, 9.17) is 21.4 Å². The maximum Gasteiger partial charge on any atom is 0.335 e. The van der Waals surface area contributed by atoms with Gasteiger partial charge in [0.2, 0.25) is 5.91 Å². The van der Waals surface area contributed by atoms with Crippen molar-refractivity contribution < 1.29 is 24.2 Å². The summed E-state index contributed by atoms with van der Waals surface area (Å²) in [4.78, 5) is 36.5. The number of halogens is 1. The van der Waals surface area contributed by atoms with Crippen molar-refractivity contribution in [3.05, 3.63) is 82.9 Å². The van der Waals surface area contributed by atoms with Crippen molar-refractivity contribution in [2.45, 2.75) is 4.90 Å². The third-order valence-corrected chi connectivity index (χ3v) is 5.64. The van der Waals surface area contributed by atoms with Gasteiger partial charge in [0.1, 0.15) is 5.75 Å². The first kappa shape index (κ1) is 23.2. The summed E-state index contributed by atoms with van der Waals surface area (Å²) in [6.07, 6.45) is 0. The Labute approximate surface area is 193 Å². The fourth-order valence-corrected chi connectivity index (χ4v) is 3.55. The van der Waals surface area contributed by atoms with E-state index in [9.17, 15) is 14.4 Å². The summed E-state index contributed by atoms with van der Waals surface area (Å²) in [5.41, 5.74) is 1.37. The van der Waals surface area contributed by atoms with Crippen LogP contribution in [0.5, 0.6) is 5.75 Å². The van der Waals surface area contributed by atoms with Crippen LogP contribution >= 0.6 is 23.4 Å². The number of hydrogen-bond donors (Lipinski definition) is 3. The Balaban J connectivity index is 1.54. The average molecular weight is 471 g/mol. The molecule has 2 amide bonds. The molecule has 7 nitrogen and oxygen atoms in total. The number of hydrogen-bond acceptors (Lipinski definition) is 5. The van der Waals surface area contributed by atoms with E-state index in [0.29, 0.717) is 17.0 Å². The van der Waals surface area contributed by atoms with Crippen LogP contribution in [0.1, 0.15) is 20.7 Å². The number of rotatable bonds is 8. The number of carbonyl (C=O) groups is 3. The number of carboxylic acids is 1. The monoisotopic (exact) mass is 470 g/mol. The summed E-state index contributed by atoms with van der Waals surface area (Å²) in [6, 6.07) is 18.0. The zero-order chi connectivity index (χ0) is 23.1. The maximum absolute atomic E-state index is 12.4. The molecule has 0 bridgehead atoms. The molecule has 0 saturated carbocycles. The van der Waals surface area contributed by atoms with E-state index in [1.165, 1.54) is 37.1 Å². The fourth-order valence-electron chi connectivity index (χ4n) is 2.69. The lowest BCUT2D eigenvalue weighted by atomic mass is 10.2. The number of anilines is 2. The van der Waals surface area contributed by atoms with Crippen LogP contribution in [0.15, 0.2) is 71.6 Å². The SMILES string of the molecule is COc1cccc(C(=O)Nc2ccc(SCC(=O)Nc3cc(C(=O)O)ccc3Cl)cc2)c1. The molecule has 0 atom stereocenters. The molecule has 0 saturated heterocycles. The molecule has 0 aliphatic carbocycles. The third kappa shape index (κ3) is 6.26. The van der Waals surface area contributed by atoms with Gasteiger partial charge in [-0.15, -0.1) is 11.8 Å². The molecule has 0 aliphatic heterocycles. The number of methoxy groups -OCH3 is 1. The van der Waals surface area contributed by atoms with Crippen molar-refractivity contribution in [2.75, 3.05) is 23.5 Å². The molecule has 0 fully saturated rings. The lowest BCUT2D eigenvalue weighted by Crippen LogP contribution is -2.15. The van der Waals surface area contributed by atoms with E-state index < -0.39 is 5.97 Å². The zero-order valence-corrected chi connectivity index (χ0v) is 18.5. The van der Waals surface area contributed by atoms with Crippen molar-refractivity contribution in [1.82, 2.24) is 0 Å². The molecule has 0 unspecified atom stereocenters. The molecule has 164 valence electrons. The quantitative estimate of drug-likeness (QED) is 0.399. The van der Waals surface area contributed by atoms with Crippen molar-refractivity contribution in [3.63, 3.8) is 0 Å². The average Bonchev–Trinajstić information content (AvgIpc) is 2.80. The lowest BCUT2D eigenvalue weighted by molar-refractivity contribution is -0.113. The molecule has 9 heteroatoms. The number of thioether (sulfide) groups is 1. The van der Waals surface area contributed by atoms with Gasteiger partial charge >= 0.3 is 5.97 Å². The van der Waals surface area contributed by atoms with Gasteiger partial charge in [-0.1, -0.05) is 17.7 Å². The first-order valence-electron chi connectivity index (χ1n) is 9.36. The second kappa shape index (κ2) is 10.7. The number of benzene rings is 3. The predicted molar refractivity (Wildman–Crippen MR) is 125 cm³/mol. The number of aromatic carboxylic acids is 1. The van der Waals surface area contributed by atoms with E-state index in [0.717, 1.165) is 4.90 Å². The molecule has 3 rings (SSSR count). The highest BCUT2D eigenvalue weighted by atomic mass is 35.5. The molecule has 0 aliphatic rings. The van der Waals surface area contributed by atoms with E-state index in [-0.39, 0.29) is 33.8 Å². The smallest absolute Gasteiger partial charge is 0.335 e. The van der Waals surface area contributed by atoms with Gasteiger partial charge in [0.25, 0.3) is 5.91 Å². The standard InChI is InChI=1S/C23H19ClN2O5S/c1-31-17-4-2-3-14(11-17)22(28)25-16-6-8-18(9-7-16)32-13-21(27)26-20-12-15(23(29)30)5-10-19(20)24/h2-12H,13H2,1H3,(H,25,28)(H,26,27)(H,29,30). The Morgan fingerprint density at radius 1 is 0.969 bits per heavy atom. The van der Waals surface area contributed by atoms with Gasteiger partial charge in [-0.2, -0.15) is 0 Å². The minimum absolute atomic E-state index is 0.0314. The Bertz CT molecular complexity index is 1150. The van der Waals surface area contributed by atoms with Gasteiger partial charge in [0.05, 0.1) is 29.1 Å². The predicted octanol–water partition coefficient (Wildman–Crippen LogP) is 5.03. The van der Waals surface area contributed by atoms with E-state index >= 15 is 0 Å². The largest absolute Gasteiger partial charge is 0.497 e. The van der Waals surface area contributed by atoms with Crippen LogP contribution in [-0.4, -0.2) is 35.8 Å². The summed E-state index contributed by atoms with van der Waals surface area (Å²) >= 11 is 7.32. The van der Waals surface area contributed by atoms with Crippen LogP contribution in [0.2, 0.25) is 5.02 Å². The molecule has 3 N–H and O–H groups in total. The minimum atomic E-state index is -1.11. The molecule has 0 radical (unpaired) electrons. The molecule has 32 heavy (non-hydrogen) atoms. The summed E-state index contributed by atoms with van der Waals surface area (Å²) in [7, 11) is 1.54. The van der Waals surface area contributed by atoms with E-state index in [1.807, 2.05) is 0 Å². The Hall–Kier alpha value is -3.49. The van der Waals surface area contributed by atoms with Crippen LogP contribution in [0, 0.1) is 0 Å². The van der Waals surface area contributed by atoms with Crippen LogP contribution < -0.4 is 15.4 Å². The highest BCUT2D eigenvalue weighted by Crippen LogP contribution is 2.25. The van der Waals surface area contributed by atoms with Crippen LogP contribution in [-0.2, 0) is 4.79 Å². The Morgan fingerprint density at radius 3 is 2.41 bits per heavy atom. The van der Waals surface area contributed by atoms with Crippen LogP contribution in [0.4, 0.5) is 11.4 Å². The van der Waals surface area contributed by atoms with E-state index in [1.54, 1.807) is 48.5 Å². The van der Waals surface area contributed by atoms with Crippen molar-refractivity contribution >= 4 is 52.5 Å². The molecular weight excluding hydrogens is 452 g/mol. The number of carboxylic acid groups (broad SMARTS) is 1. The van der Waals surface area contributed by atoms with Crippen LogP contribution in [0.3, 0.4) is 0 Å². The molecule has 3 aromatic carbocycles. The first-order valence-corrected chi connectivity index (χ1v) is 10.7. The molecule has 0 aromatic heterocycles. The van der Waals surface area contributed by atoms with Gasteiger partial charge in [-0.25, -0.2) is 4.79 Å². The summed E-state index contributed by atoms with van der Waals surface area (Å²) in [5.74, 6) is -0.994. The number of ether oxygens (including phenoxy) is 1. The number of amides is 2. The Kier molecular flexibility index (Phi) is 7.75. The molecule has 0 spiro atoms. The first-order chi connectivity index (χ1) is 15.4. The second-order valence-corrected chi connectivity index (χ2v) is 8.00. The van der Waals surface area contributed by atoms with Crippen molar-refractivity contribution in [3.8, 4) is 5.75 Å². The molecule has 0 heterocycles. The van der Waals surface area contributed by atoms with Gasteiger partial charge in [-0.3, -0.25) is 9.59 Å². The summed E-state index contributed by atoms with van der Waals surface area (Å²) < 4.78 is 5.13. The van der Waals surface area contributed by atoms with Crippen molar-refractivity contribution in [2.24, 2.45) is 0 Å². The van der Waals surface area contributed by atoms with Gasteiger partial charge in [-0.05, 0) is 60.7 Å². The normalized spacial score (nSPS) is 10.3. The summed E-state index contributed by atoms with van der Waals surface area (Å²) in [5, 5.41) is 14.7. The molecule has 3 aromatic rings. The second-order valence-electron chi connectivity index (χ2n) is 6.55. The maximum atomic E-state index is 12.4. The van der Waals surface area contributed by atoms with E-state index in [2.05, 4.69) is 10.6 Å². The minimum Gasteiger partial charge on any atom is -0.497 e. The topological polar surface area (TPSA) is 105 Å². The highest BCUT2D eigenvalue weighted by molar-refractivity contribution is 8.00. The molecular formula is C23H19ClN2O5S. The zero-order valence-electron chi connectivity index (χ0n) is 16.9. The van der Waals surface area contributed by atoms with Gasteiger partial charge < -0.3 is 20.5 Å².